The van der Waals surface area contributed by atoms with Crippen molar-refractivity contribution in [2.75, 3.05) is 0 Å². The van der Waals surface area contributed by atoms with Gasteiger partial charge in [0.25, 0.3) is 0 Å². The van der Waals surface area contributed by atoms with Crippen LogP contribution in [0.15, 0.2) is 12.4 Å². The lowest BCUT2D eigenvalue weighted by Gasteiger charge is -2.26. The molecule has 1 saturated carbocycles. The summed E-state index contributed by atoms with van der Waals surface area (Å²) in [6.45, 7) is 5.27. The van der Waals surface area contributed by atoms with Gasteiger partial charge in [0.2, 0.25) is 5.78 Å². The molecule has 0 radical (unpaired) electrons. The Balaban J connectivity index is 2.01. The van der Waals surface area contributed by atoms with Crippen molar-refractivity contribution in [3.05, 3.63) is 18.2 Å². The molecule has 0 atom stereocenters. The second-order valence-corrected chi connectivity index (χ2v) is 5.43. The number of hydrogen-bond donors (Lipinski definition) is 0. The van der Waals surface area contributed by atoms with Crippen LogP contribution in [0.25, 0.3) is 0 Å². The molecule has 1 heterocycles. The van der Waals surface area contributed by atoms with Gasteiger partial charge in [0.1, 0.15) is 0 Å². The maximum absolute atomic E-state index is 12.5. The van der Waals surface area contributed by atoms with Gasteiger partial charge in [-0.15, -0.1) is 0 Å². The zero-order chi connectivity index (χ0) is 13.0. The summed E-state index contributed by atoms with van der Waals surface area (Å²) in [6, 6.07) is 0. The summed E-state index contributed by atoms with van der Waals surface area (Å²) in [4.78, 5) is 16.7. The van der Waals surface area contributed by atoms with E-state index in [0.717, 1.165) is 31.7 Å². The largest absolute Gasteiger partial charge is 0.329 e. The first-order chi connectivity index (χ1) is 8.76. The van der Waals surface area contributed by atoms with Gasteiger partial charge in [0.15, 0.2) is 5.82 Å². The fourth-order valence-corrected chi connectivity index (χ4v) is 2.97. The molecule has 1 aromatic heterocycles. The molecule has 1 fully saturated rings. The van der Waals surface area contributed by atoms with Crippen LogP contribution in [0, 0.1) is 11.8 Å². The molecule has 0 amide bonds. The standard InChI is InChI=1S/C15H24N2O/c1-3-10-17-11-9-16-15(17)14(18)13-7-5-12(4-2)6-8-13/h9,11-13H,3-8,10H2,1-2H3. The first-order valence-electron chi connectivity index (χ1n) is 7.31. The van der Waals surface area contributed by atoms with Gasteiger partial charge in [-0.1, -0.05) is 20.3 Å². The van der Waals surface area contributed by atoms with Gasteiger partial charge in [-0.25, -0.2) is 4.98 Å². The third kappa shape index (κ3) is 2.82. The molecule has 0 aliphatic heterocycles. The van der Waals surface area contributed by atoms with Gasteiger partial charge in [-0.05, 0) is 38.0 Å². The van der Waals surface area contributed by atoms with Crippen molar-refractivity contribution in [3.8, 4) is 0 Å². The quantitative estimate of drug-likeness (QED) is 0.745. The number of rotatable bonds is 5. The van der Waals surface area contributed by atoms with Crippen molar-refractivity contribution in [3.63, 3.8) is 0 Å². The third-order valence-corrected chi connectivity index (χ3v) is 4.20. The van der Waals surface area contributed by atoms with E-state index in [2.05, 4.69) is 18.8 Å². The van der Waals surface area contributed by atoms with Crippen LogP contribution in [-0.2, 0) is 6.54 Å². The monoisotopic (exact) mass is 248 g/mol. The molecule has 0 saturated heterocycles. The second-order valence-electron chi connectivity index (χ2n) is 5.43. The van der Waals surface area contributed by atoms with Gasteiger partial charge in [-0.2, -0.15) is 0 Å². The number of carbonyl (C=O) groups excluding carboxylic acids is 1. The summed E-state index contributed by atoms with van der Waals surface area (Å²) in [7, 11) is 0. The number of Topliss-reactive ketones (excluding diaryl/α,β-unsaturated/α-hetero) is 1. The van der Waals surface area contributed by atoms with E-state index in [9.17, 15) is 4.79 Å². The number of imidazole rings is 1. The highest BCUT2D eigenvalue weighted by Gasteiger charge is 2.28. The van der Waals surface area contributed by atoms with Crippen molar-refractivity contribution in [2.45, 2.75) is 58.9 Å². The molecule has 0 spiro atoms. The molecule has 1 aromatic rings. The fourth-order valence-electron chi connectivity index (χ4n) is 2.97. The molecule has 1 aliphatic carbocycles. The minimum Gasteiger partial charge on any atom is -0.329 e. The Labute approximate surface area is 110 Å². The summed E-state index contributed by atoms with van der Waals surface area (Å²) in [5.74, 6) is 2.00. The van der Waals surface area contributed by atoms with Crippen LogP contribution in [0.3, 0.4) is 0 Å². The maximum atomic E-state index is 12.5. The number of aryl methyl sites for hydroxylation is 1. The lowest BCUT2D eigenvalue weighted by atomic mass is 9.79. The molecule has 18 heavy (non-hydrogen) atoms. The summed E-state index contributed by atoms with van der Waals surface area (Å²) in [6.07, 6.45) is 10.5. The zero-order valence-corrected chi connectivity index (χ0v) is 11.6. The molecule has 100 valence electrons. The van der Waals surface area contributed by atoms with Gasteiger partial charge in [-0.3, -0.25) is 4.79 Å². The number of ketones is 1. The number of hydrogen-bond acceptors (Lipinski definition) is 2. The molecule has 3 heteroatoms. The Morgan fingerprint density at radius 3 is 2.67 bits per heavy atom. The van der Waals surface area contributed by atoms with Crippen molar-refractivity contribution in [1.82, 2.24) is 9.55 Å². The van der Waals surface area contributed by atoms with Crippen LogP contribution in [0.5, 0.6) is 0 Å². The highest BCUT2D eigenvalue weighted by atomic mass is 16.1. The number of nitrogens with zero attached hydrogens (tertiary/aromatic N) is 2. The van der Waals surface area contributed by atoms with E-state index in [1.54, 1.807) is 6.20 Å². The lowest BCUT2D eigenvalue weighted by Crippen LogP contribution is -2.24. The predicted molar refractivity (Wildman–Crippen MR) is 72.6 cm³/mol. The maximum Gasteiger partial charge on any atom is 0.201 e. The second kappa shape index (κ2) is 6.17. The van der Waals surface area contributed by atoms with Crippen molar-refractivity contribution in [2.24, 2.45) is 11.8 Å². The lowest BCUT2D eigenvalue weighted by molar-refractivity contribution is 0.0855. The smallest absolute Gasteiger partial charge is 0.201 e. The van der Waals surface area contributed by atoms with Gasteiger partial charge >= 0.3 is 0 Å². The third-order valence-electron chi connectivity index (χ3n) is 4.20. The van der Waals surface area contributed by atoms with E-state index in [1.807, 2.05) is 10.8 Å². The summed E-state index contributed by atoms with van der Waals surface area (Å²) in [5.41, 5.74) is 0. The number of carbonyl (C=O) groups is 1. The molecular formula is C15H24N2O. The summed E-state index contributed by atoms with van der Waals surface area (Å²) >= 11 is 0. The van der Waals surface area contributed by atoms with E-state index < -0.39 is 0 Å². The Morgan fingerprint density at radius 1 is 1.33 bits per heavy atom. The highest BCUT2D eigenvalue weighted by molar-refractivity contribution is 5.94. The molecular weight excluding hydrogens is 224 g/mol. The summed E-state index contributed by atoms with van der Waals surface area (Å²) in [5, 5.41) is 0. The van der Waals surface area contributed by atoms with Crippen LogP contribution in [0.1, 0.15) is 63.0 Å². The SMILES string of the molecule is CCCn1ccnc1C(=O)C1CCC(CC)CC1. The molecule has 0 unspecified atom stereocenters. The zero-order valence-electron chi connectivity index (χ0n) is 11.6. The number of aromatic nitrogens is 2. The van der Waals surface area contributed by atoms with Crippen molar-refractivity contribution in [1.29, 1.82) is 0 Å². The average molecular weight is 248 g/mol. The minimum atomic E-state index is 0.214. The van der Waals surface area contributed by atoms with E-state index >= 15 is 0 Å². The van der Waals surface area contributed by atoms with Crippen LogP contribution in [0.4, 0.5) is 0 Å². The highest BCUT2D eigenvalue weighted by Crippen LogP contribution is 2.32. The Kier molecular flexibility index (Phi) is 4.56. The van der Waals surface area contributed by atoms with E-state index in [1.165, 1.54) is 19.3 Å². The average Bonchev–Trinajstić information content (AvgIpc) is 2.87. The Bertz CT molecular complexity index is 389. The van der Waals surface area contributed by atoms with E-state index in [-0.39, 0.29) is 11.7 Å². The van der Waals surface area contributed by atoms with Crippen LogP contribution < -0.4 is 0 Å². The van der Waals surface area contributed by atoms with Gasteiger partial charge in [0.05, 0.1) is 0 Å². The molecule has 2 rings (SSSR count). The Morgan fingerprint density at radius 2 is 2.06 bits per heavy atom. The van der Waals surface area contributed by atoms with Crippen molar-refractivity contribution >= 4 is 5.78 Å². The van der Waals surface area contributed by atoms with Gasteiger partial charge < -0.3 is 4.57 Å². The molecule has 0 bridgehead atoms. The molecule has 1 aliphatic rings. The van der Waals surface area contributed by atoms with E-state index in [4.69, 9.17) is 0 Å². The topological polar surface area (TPSA) is 34.9 Å². The van der Waals surface area contributed by atoms with Crippen LogP contribution in [0.2, 0.25) is 0 Å². The van der Waals surface area contributed by atoms with Gasteiger partial charge in [0, 0.05) is 24.9 Å². The van der Waals surface area contributed by atoms with Crippen molar-refractivity contribution < 1.29 is 4.79 Å². The van der Waals surface area contributed by atoms with Crippen LogP contribution in [-0.4, -0.2) is 15.3 Å². The first-order valence-corrected chi connectivity index (χ1v) is 7.31. The molecule has 3 nitrogen and oxygen atoms in total. The van der Waals surface area contributed by atoms with E-state index in [0.29, 0.717) is 5.82 Å². The first kappa shape index (κ1) is 13.3. The fraction of sp³-hybridized carbons (Fsp3) is 0.733. The minimum absolute atomic E-state index is 0.214. The Hall–Kier alpha value is -1.12. The van der Waals surface area contributed by atoms with Crippen LogP contribution >= 0.6 is 0 Å². The predicted octanol–water partition coefficient (Wildman–Crippen LogP) is 3.69. The summed E-state index contributed by atoms with van der Waals surface area (Å²) < 4.78 is 2.01. The normalized spacial score (nSPS) is 24.1. The molecule has 0 N–H and O–H groups in total. The molecule has 0 aromatic carbocycles.